The Labute approximate surface area is 133 Å². The molecule has 22 heavy (non-hydrogen) atoms. The van der Waals surface area contributed by atoms with Gasteiger partial charge >= 0.3 is 0 Å². The summed E-state index contributed by atoms with van der Waals surface area (Å²) in [6.07, 6.45) is 1.92. The van der Waals surface area contributed by atoms with Crippen molar-refractivity contribution in [3.63, 3.8) is 0 Å². The van der Waals surface area contributed by atoms with Crippen LogP contribution in [0.15, 0.2) is 36.5 Å². The van der Waals surface area contributed by atoms with Crippen molar-refractivity contribution in [1.82, 2.24) is 9.38 Å². The van der Waals surface area contributed by atoms with E-state index in [0.717, 1.165) is 22.5 Å². The van der Waals surface area contributed by atoms with Crippen molar-refractivity contribution in [2.24, 2.45) is 0 Å². The van der Waals surface area contributed by atoms with Gasteiger partial charge in [-0.15, -0.1) is 0 Å². The molecule has 1 aromatic carbocycles. The average Bonchev–Trinajstić information content (AvgIpc) is 2.77. The van der Waals surface area contributed by atoms with Gasteiger partial charge in [0.05, 0.1) is 5.69 Å². The van der Waals surface area contributed by atoms with Crippen LogP contribution in [0.3, 0.4) is 0 Å². The van der Waals surface area contributed by atoms with Gasteiger partial charge in [-0.1, -0.05) is 17.7 Å². The van der Waals surface area contributed by atoms with Crippen LogP contribution < -0.4 is 5.32 Å². The van der Waals surface area contributed by atoms with Crippen LogP contribution in [-0.2, 0) is 0 Å². The normalized spacial score (nSPS) is 10.9. The maximum atomic E-state index is 12.7. The molecule has 0 aliphatic heterocycles. The number of halogens is 1. The lowest BCUT2D eigenvalue weighted by Gasteiger charge is -2.09. The first-order valence-electron chi connectivity index (χ1n) is 6.98. The Morgan fingerprint density at radius 3 is 2.68 bits per heavy atom. The molecule has 0 fully saturated rings. The van der Waals surface area contributed by atoms with Crippen LogP contribution in [0.5, 0.6) is 0 Å². The van der Waals surface area contributed by atoms with Crippen LogP contribution in [0.1, 0.15) is 27.3 Å². The van der Waals surface area contributed by atoms with Crippen LogP contribution in [0.2, 0.25) is 5.02 Å². The molecule has 0 unspecified atom stereocenters. The van der Waals surface area contributed by atoms with E-state index in [-0.39, 0.29) is 5.91 Å². The standard InChI is InChI=1S/C17H16ClN3O/c1-10-4-7-15-19-12(3)16(21(15)9-10)17(22)20-14-6-5-13(18)8-11(14)2/h4-9H,1-3H3,(H,20,22). The maximum absolute atomic E-state index is 12.7. The Kier molecular flexibility index (Phi) is 3.62. The van der Waals surface area contributed by atoms with Gasteiger partial charge in [0, 0.05) is 16.9 Å². The van der Waals surface area contributed by atoms with Crippen molar-refractivity contribution in [3.05, 3.63) is 64.1 Å². The third-order valence-corrected chi connectivity index (χ3v) is 3.83. The molecule has 0 radical (unpaired) electrons. The Hall–Kier alpha value is -2.33. The van der Waals surface area contributed by atoms with E-state index in [1.165, 1.54) is 0 Å². The van der Waals surface area contributed by atoms with Gasteiger partial charge in [0.25, 0.3) is 5.91 Å². The Morgan fingerprint density at radius 1 is 1.18 bits per heavy atom. The van der Waals surface area contributed by atoms with E-state index in [0.29, 0.717) is 16.4 Å². The Morgan fingerprint density at radius 2 is 1.95 bits per heavy atom. The second-order valence-electron chi connectivity index (χ2n) is 5.39. The molecule has 0 spiro atoms. The van der Waals surface area contributed by atoms with Gasteiger partial charge in [0.1, 0.15) is 11.3 Å². The highest BCUT2D eigenvalue weighted by molar-refractivity contribution is 6.30. The van der Waals surface area contributed by atoms with Gasteiger partial charge in [-0.05, 0) is 56.2 Å². The van der Waals surface area contributed by atoms with Gasteiger partial charge in [-0.25, -0.2) is 4.98 Å². The summed E-state index contributed by atoms with van der Waals surface area (Å²) < 4.78 is 1.82. The fourth-order valence-electron chi connectivity index (χ4n) is 2.49. The number of imidazole rings is 1. The molecule has 112 valence electrons. The summed E-state index contributed by atoms with van der Waals surface area (Å²) in [4.78, 5) is 17.1. The summed E-state index contributed by atoms with van der Waals surface area (Å²) in [5, 5.41) is 3.58. The van der Waals surface area contributed by atoms with E-state index in [1.807, 2.05) is 49.6 Å². The van der Waals surface area contributed by atoms with Gasteiger partial charge < -0.3 is 5.32 Å². The third kappa shape index (κ3) is 2.57. The number of amides is 1. The number of aryl methyl sites for hydroxylation is 3. The summed E-state index contributed by atoms with van der Waals surface area (Å²) in [5.41, 5.74) is 4.75. The second kappa shape index (κ2) is 5.46. The van der Waals surface area contributed by atoms with Crippen LogP contribution in [0.25, 0.3) is 5.65 Å². The topological polar surface area (TPSA) is 46.4 Å². The molecule has 2 aromatic heterocycles. The van der Waals surface area contributed by atoms with Gasteiger partial charge in [0.15, 0.2) is 0 Å². The first-order valence-corrected chi connectivity index (χ1v) is 7.36. The van der Waals surface area contributed by atoms with Crippen molar-refractivity contribution in [3.8, 4) is 0 Å². The molecule has 0 aliphatic carbocycles. The number of rotatable bonds is 2. The Bertz CT molecular complexity index is 883. The van der Waals surface area contributed by atoms with E-state index in [9.17, 15) is 4.79 Å². The molecule has 0 saturated carbocycles. The minimum atomic E-state index is -0.180. The molecule has 0 atom stereocenters. The average molecular weight is 314 g/mol. The predicted octanol–water partition coefficient (Wildman–Crippen LogP) is 4.17. The van der Waals surface area contributed by atoms with Gasteiger partial charge in [-0.3, -0.25) is 9.20 Å². The van der Waals surface area contributed by atoms with Crippen LogP contribution in [0, 0.1) is 20.8 Å². The number of pyridine rings is 1. The zero-order chi connectivity index (χ0) is 15.9. The number of carbonyl (C=O) groups excluding carboxylic acids is 1. The lowest BCUT2D eigenvalue weighted by Crippen LogP contribution is -2.16. The Balaban J connectivity index is 2.02. The quantitative estimate of drug-likeness (QED) is 0.772. The number of carbonyl (C=O) groups is 1. The number of fused-ring (bicyclic) bond motifs is 1. The lowest BCUT2D eigenvalue weighted by atomic mass is 10.2. The molecule has 3 rings (SSSR count). The number of aromatic nitrogens is 2. The number of benzene rings is 1. The highest BCUT2D eigenvalue weighted by Crippen LogP contribution is 2.21. The largest absolute Gasteiger partial charge is 0.320 e. The van der Waals surface area contributed by atoms with Crippen LogP contribution >= 0.6 is 11.6 Å². The number of nitrogens with one attached hydrogen (secondary N) is 1. The first-order chi connectivity index (χ1) is 10.5. The fraction of sp³-hybridized carbons (Fsp3) is 0.176. The second-order valence-corrected chi connectivity index (χ2v) is 5.83. The number of anilines is 1. The van der Waals surface area contributed by atoms with Crippen molar-refractivity contribution in [2.75, 3.05) is 5.32 Å². The highest BCUT2D eigenvalue weighted by atomic mass is 35.5. The molecule has 0 saturated heterocycles. The first kappa shape index (κ1) is 14.6. The van der Waals surface area contributed by atoms with E-state index < -0.39 is 0 Å². The summed E-state index contributed by atoms with van der Waals surface area (Å²) in [5.74, 6) is -0.180. The fourth-order valence-corrected chi connectivity index (χ4v) is 2.72. The predicted molar refractivity (Wildman–Crippen MR) is 88.8 cm³/mol. The molecule has 2 heterocycles. The molecule has 1 N–H and O–H groups in total. The molecular weight excluding hydrogens is 298 g/mol. The summed E-state index contributed by atoms with van der Waals surface area (Å²) >= 11 is 5.95. The van der Waals surface area contributed by atoms with E-state index in [1.54, 1.807) is 12.1 Å². The van der Waals surface area contributed by atoms with Crippen LogP contribution in [0.4, 0.5) is 5.69 Å². The van der Waals surface area contributed by atoms with Crippen molar-refractivity contribution >= 4 is 28.8 Å². The minimum absolute atomic E-state index is 0.180. The SMILES string of the molecule is Cc1ccc2nc(C)c(C(=O)Nc3ccc(Cl)cc3C)n2c1. The van der Waals surface area contributed by atoms with Crippen LogP contribution in [-0.4, -0.2) is 15.3 Å². The zero-order valence-electron chi connectivity index (χ0n) is 12.6. The van der Waals surface area contributed by atoms with E-state index in [2.05, 4.69) is 10.3 Å². The summed E-state index contributed by atoms with van der Waals surface area (Å²) in [6, 6.07) is 9.27. The molecule has 3 aromatic rings. The van der Waals surface area contributed by atoms with Crippen molar-refractivity contribution < 1.29 is 4.79 Å². The van der Waals surface area contributed by atoms with E-state index in [4.69, 9.17) is 11.6 Å². The third-order valence-electron chi connectivity index (χ3n) is 3.59. The molecule has 1 amide bonds. The van der Waals surface area contributed by atoms with Crippen molar-refractivity contribution in [2.45, 2.75) is 20.8 Å². The van der Waals surface area contributed by atoms with Crippen molar-refractivity contribution in [1.29, 1.82) is 0 Å². The maximum Gasteiger partial charge on any atom is 0.274 e. The molecule has 5 heteroatoms. The molecule has 0 aliphatic rings. The number of nitrogens with zero attached hydrogens (tertiary/aromatic N) is 2. The monoisotopic (exact) mass is 313 g/mol. The number of hydrogen-bond donors (Lipinski definition) is 1. The number of hydrogen-bond acceptors (Lipinski definition) is 2. The summed E-state index contributed by atoms with van der Waals surface area (Å²) in [7, 11) is 0. The van der Waals surface area contributed by atoms with E-state index >= 15 is 0 Å². The van der Waals surface area contributed by atoms with Gasteiger partial charge in [-0.2, -0.15) is 0 Å². The molecular formula is C17H16ClN3O. The lowest BCUT2D eigenvalue weighted by molar-refractivity contribution is 0.102. The minimum Gasteiger partial charge on any atom is -0.320 e. The summed E-state index contributed by atoms with van der Waals surface area (Å²) in [6.45, 7) is 5.73. The highest BCUT2D eigenvalue weighted by Gasteiger charge is 2.17. The van der Waals surface area contributed by atoms with Gasteiger partial charge in [0.2, 0.25) is 0 Å². The smallest absolute Gasteiger partial charge is 0.274 e. The zero-order valence-corrected chi connectivity index (χ0v) is 13.4. The molecule has 0 bridgehead atoms. The molecule has 4 nitrogen and oxygen atoms in total.